The first kappa shape index (κ1) is 14.4. The number of pyridine rings is 1. The number of hydrogen-bond acceptors (Lipinski definition) is 4. The fourth-order valence-electron chi connectivity index (χ4n) is 2.35. The Labute approximate surface area is 116 Å². The second-order valence-electron chi connectivity index (χ2n) is 5.41. The van der Waals surface area contributed by atoms with Crippen LogP contribution in [-0.4, -0.2) is 48.8 Å². The Hall–Kier alpha value is -0.970. The Morgan fingerprint density at radius 2 is 2.26 bits per heavy atom. The van der Waals surface area contributed by atoms with Crippen LogP contribution < -0.4 is 5.32 Å². The Bertz CT molecular complexity index is 352. The van der Waals surface area contributed by atoms with Gasteiger partial charge >= 0.3 is 0 Å². The smallest absolute Gasteiger partial charge is 0.0700 e. The van der Waals surface area contributed by atoms with Gasteiger partial charge in [-0.25, -0.2) is 0 Å². The summed E-state index contributed by atoms with van der Waals surface area (Å²) in [5.41, 5.74) is 1.31. The third-order valence-electron chi connectivity index (χ3n) is 3.77. The second-order valence-corrected chi connectivity index (χ2v) is 5.41. The molecule has 0 radical (unpaired) electrons. The number of ether oxygens (including phenoxy) is 1. The lowest BCUT2D eigenvalue weighted by Gasteiger charge is -2.25. The summed E-state index contributed by atoms with van der Waals surface area (Å²) < 4.78 is 5.61. The van der Waals surface area contributed by atoms with Gasteiger partial charge in [0.1, 0.15) is 0 Å². The van der Waals surface area contributed by atoms with Crippen molar-refractivity contribution in [2.24, 2.45) is 0 Å². The summed E-state index contributed by atoms with van der Waals surface area (Å²) in [7, 11) is 2.17. The number of nitrogens with one attached hydrogen (secondary N) is 1. The molecule has 4 nitrogen and oxygen atoms in total. The van der Waals surface area contributed by atoms with E-state index in [0.717, 1.165) is 26.2 Å². The highest BCUT2D eigenvalue weighted by atomic mass is 16.5. The van der Waals surface area contributed by atoms with Gasteiger partial charge in [-0.3, -0.25) is 9.88 Å². The average molecular weight is 263 g/mol. The molecule has 0 amide bonds. The van der Waals surface area contributed by atoms with E-state index >= 15 is 0 Å². The summed E-state index contributed by atoms with van der Waals surface area (Å²) in [6.07, 6.45) is 6.54. The maximum atomic E-state index is 5.61. The molecule has 1 N–H and O–H groups in total. The van der Waals surface area contributed by atoms with Crippen LogP contribution in [0, 0.1) is 0 Å². The lowest BCUT2D eigenvalue weighted by atomic mass is 10.2. The molecule has 1 aromatic rings. The Morgan fingerprint density at radius 1 is 1.47 bits per heavy atom. The highest BCUT2D eigenvalue weighted by Gasteiger charge is 2.15. The molecular weight excluding hydrogens is 238 g/mol. The van der Waals surface area contributed by atoms with Crippen molar-refractivity contribution >= 4 is 0 Å². The van der Waals surface area contributed by atoms with E-state index in [1.54, 1.807) is 0 Å². The normalized spacial score (nSPS) is 20.9. The number of likely N-dealkylation sites (N-methyl/N-ethyl adjacent to an activating group) is 1. The van der Waals surface area contributed by atoms with Gasteiger partial charge in [-0.2, -0.15) is 0 Å². The predicted octanol–water partition coefficient (Wildman–Crippen LogP) is 1.67. The van der Waals surface area contributed by atoms with E-state index in [1.807, 2.05) is 12.4 Å². The van der Waals surface area contributed by atoms with Gasteiger partial charge in [-0.05, 0) is 44.5 Å². The summed E-state index contributed by atoms with van der Waals surface area (Å²) in [4.78, 5) is 6.41. The van der Waals surface area contributed by atoms with E-state index in [2.05, 4.69) is 41.3 Å². The molecule has 0 saturated carbocycles. The van der Waals surface area contributed by atoms with Gasteiger partial charge in [0.25, 0.3) is 0 Å². The SMILES string of the molecule is CC(CNCC1CCCO1)N(C)Cc1ccncc1. The van der Waals surface area contributed by atoms with Gasteiger partial charge in [0.15, 0.2) is 0 Å². The third-order valence-corrected chi connectivity index (χ3v) is 3.77. The average Bonchev–Trinajstić information content (AvgIpc) is 2.93. The van der Waals surface area contributed by atoms with Crippen LogP contribution in [0.1, 0.15) is 25.3 Å². The van der Waals surface area contributed by atoms with Gasteiger partial charge in [-0.15, -0.1) is 0 Å². The summed E-state index contributed by atoms with van der Waals surface area (Å²) >= 11 is 0. The van der Waals surface area contributed by atoms with E-state index in [9.17, 15) is 0 Å². The van der Waals surface area contributed by atoms with Gasteiger partial charge in [0, 0.05) is 44.7 Å². The van der Waals surface area contributed by atoms with Crippen LogP contribution in [0.2, 0.25) is 0 Å². The molecule has 2 unspecified atom stereocenters. The Kier molecular flexibility index (Phi) is 5.76. The van der Waals surface area contributed by atoms with E-state index in [4.69, 9.17) is 4.74 Å². The molecule has 2 rings (SSSR count). The van der Waals surface area contributed by atoms with Gasteiger partial charge in [0.2, 0.25) is 0 Å². The molecular formula is C15H25N3O. The highest BCUT2D eigenvalue weighted by Crippen LogP contribution is 2.10. The van der Waals surface area contributed by atoms with Crippen LogP contribution in [0.4, 0.5) is 0 Å². The number of aromatic nitrogens is 1. The predicted molar refractivity (Wildman–Crippen MR) is 77.0 cm³/mol. The largest absolute Gasteiger partial charge is 0.377 e. The molecule has 0 aromatic carbocycles. The van der Waals surface area contributed by atoms with E-state index in [1.165, 1.54) is 18.4 Å². The first-order valence-corrected chi connectivity index (χ1v) is 7.17. The van der Waals surface area contributed by atoms with Crippen molar-refractivity contribution in [3.8, 4) is 0 Å². The van der Waals surface area contributed by atoms with Crippen LogP contribution in [0.25, 0.3) is 0 Å². The van der Waals surface area contributed by atoms with E-state index in [-0.39, 0.29) is 0 Å². The molecule has 106 valence electrons. The quantitative estimate of drug-likeness (QED) is 0.812. The maximum Gasteiger partial charge on any atom is 0.0700 e. The standard InChI is InChI=1S/C15H25N3O/c1-13(10-17-11-15-4-3-9-19-15)18(2)12-14-5-7-16-8-6-14/h5-8,13,15,17H,3-4,9-12H2,1-2H3. The van der Waals surface area contributed by atoms with Crippen molar-refractivity contribution in [1.82, 2.24) is 15.2 Å². The number of hydrogen-bond donors (Lipinski definition) is 1. The molecule has 1 aliphatic heterocycles. The minimum Gasteiger partial charge on any atom is -0.377 e. The zero-order valence-corrected chi connectivity index (χ0v) is 12.0. The van der Waals surface area contributed by atoms with Crippen LogP contribution >= 0.6 is 0 Å². The maximum absolute atomic E-state index is 5.61. The Morgan fingerprint density at radius 3 is 2.95 bits per heavy atom. The third kappa shape index (κ3) is 4.90. The van der Waals surface area contributed by atoms with Crippen molar-refractivity contribution in [1.29, 1.82) is 0 Å². The van der Waals surface area contributed by atoms with Gasteiger partial charge in [-0.1, -0.05) is 0 Å². The molecule has 0 spiro atoms. The number of nitrogens with zero attached hydrogens (tertiary/aromatic N) is 2. The zero-order chi connectivity index (χ0) is 13.5. The molecule has 2 heterocycles. The lowest BCUT2D eigenvalue weighted by molar-refractivity contribution is 0.108. The molecule has 0 aliphatic carbocycles. The highest BCUT2D eigenvalue weighted by molar-refractivity contribution is 5.09. The molecule has 1 aromatic heterocycles. The second kappa shape index (κ2) is 7.58. The summed E-state index contributed by atoms with van der Waals surface area (Å²) in [6.45, 7) is 6.13. The van der Waals surface area contributed by atoms with Gasteiger partial charge in [0.05, 0.1) is 6.10 Å². The fourth-order valence-corrected chi connectivity index (χ4v) is 2.35. The molecule has 2 atom stereocenters. The van der Waals surface area contributed by atoms with Crippen molar-refractivity contribution in [3.05, 3.63) is 30.1 Å². The molecule has 1 fully saturated rings. The first-order valence-electron chi connectivity index (χ1n) is 7.17. The van der Waals surface area contributed by atoms with Crippen molar-refractivity contribution in [2.75, 3.05) is 26.7 Å². The molecule has 1 saturated heterocycles. The molecule has 1 aliphatic rings. The monoisotopic (exact) mass is 263 g/mol. The molecule has 0 bridgehead atoms. The topological polar surface area (TPSA) is 37.4 Å². The van der Waals surface area contributed by atoms with Crippen molar-refractivity contribution < 1.29 is 4.74 Å². The van der Waals surface area contributed by atoms with Crippen LogP contribution in [0.5, 0.6) is 0 Å². The zero-order valence-electron chi connectivity index (χ0n) is 12.0. The molecule has 19 heavy (non-hydrogen) atoms. The Balaban J connectivity index is 1.65. The van der Waals surface area contributed by atoms with Crippen LogP contribution in [-0.2, 0) is 11.3 Å². The van der Waals surface area contributed by atoms with Crippen molar-refractivity contribution in [2.45, 2.75) is 38.5 Å². The minimum absolute atomic E-state index is 0.428. The fraction of sp³-hybridized carbons (Fsp3) is 0.667. The number of rotatable bonds is 7. The lowest BCUT2D eigenvalue weighted by Crippen LogP contribution is -2.39. The summed E-state index contributed by atoms with van der Waals surface area (Å²) in [5, 5.41) is 3.51. The van der Waals surface area contributed by atoms with Crippen molar-refractivity contribution in [3.63, 3.8) is 0 Å². The van der Waals surface area contributed by atoms with Gasteiger partial charge < -0.3 is 10.1 Å². The van der Waals surface area contributed by atoms with E-state index < -0.39 is 0 Å². The molecule has 4 heteroatoms. The summed E-state index contributed by atoms with van der Waals surface area (Å²) in [5.74, 6) is 0. The summed E-state index contributed by atoms with van der Waals surface area (Å²) in [6, 6.07) is 4.65. The van der Waals surface area contributed by atoms with Crippen LogP contribution in [0.15, 0.2) is 24.5 Å². The first-order chi connectivity index (χ1) is 9.25. The van der Waals surface area contributed by atoms with E-state index in [0.29, 0.717) is 12.1 Å². The minimum atomic E-state index is 0.428. The van der Waals surface area contributed by atoms with Crippen LogP contribution in [0.3, 0.4) is 0 Å².